The van der Waals surface area contributed by atoms with Gasteiger partial charge in [-0.25, -0.2) is 4.98 Å². The molecule has 7 heteroatoms. The predicted molar refractivity (Wildman–Crippen MR) is 140 cm³/mol. The van der Waals surface area contributed by atoms with Crippen molar-refractivity contribution < 1.29 is 14.3 Å². The lowest BCUT2D eigenvalue weighted by Crippen LogP contribution is -2.43. The van der Waals surface area contributed by atoms with Crippen LogP contribution in [0, 0.1) is 0 Å². The number of nitrogens with zero attached hydrogens (tertiary/aromatic N) is 2. The number of aromatic nitrogens is 1. The van der Waals surface area contributed by atoms with Crippen LogP contribution in [0.15, 0.2) is 78.2 Å². The van der Waals surface area contributed by atoms with Gasteiger partial charge in [0.25, 0.3) is 5.91 Å². The zero-order valence-corrected chi connectivity index (χ0v) is 20.3. The molecule has 0 radical (unpaired) electrons. The van der Waals surface area contributed by atoms with Crippen molar-refractivity contribution in [1.82, 2.24) is 4.98 Å². The molecule has 1 aromatic heterocycles. The van der Waals surface area contributed by atoms with Gasteiger partial charge < -0.3 is 10.1 Å². The minimum Gasteiger partial charge on any atom is -0.482 e. The maximum atomic E-state index is 12.8. The number of amides is 2. The van der Waals surface area contributed by atoms with Gasteiger partial charge in [-0.05, 0) is 41.8 Å². The van der Waals surface area contributed by atoms with Crippen molar-refractivity contribution in [3.05, 3.63) is 83.7 Å². The van der Waals surface area contributed by atoms with Gasteiger partial charge in [-0.2, -0.15) is 0 Å². The lowest BCUT2D eigenvalue weighted by Gasteiger charge is -2.29. The lowest BCUT2D eigenvalue weighted by molar-refractivity contribution is -0.123. The first kappa shape index (κ1) is 22.8. The second kappa shape index (κ2) is 9.72. The fourth-order valence-corrected chi connectivity index (χ4v) is 4.79. The van der Waals surface area contributed by atoms with Gasteiger partial charge in [-0.3, -0.25) is 14.5 Å². The highest BCUT2D eigenvalue weighted by atomic mass is 32.1. The van der Waals surface area contributed by atoms with Crippen molar-refractivity contribution >= 4 is 34.5 Å². The molecule has 0 spiro atoms. The topological polar surface area (TPSA) is 71.5 Å². The monoisotopic (exact) mass is 483 g/mol. The van der Waals surface area contributed by atoms with E-state index in [2.05, 4.69) is 19.2 Å². The first-order valence-electron chi connectivity index (χ1n) is 11.5. The van der Waals surface area contributed by atoms with Gasteiger partial charge >= 0.3 is 0 Å². The molecule has 0 bridgehead atoms. The highest BCUT2D eigenvalue weighted by molar-refractivity contribution is 7.13. The van der Waals surface area contributed by atoms with E-state index in [-0.39, 0.29) is 25.0 Å². The largest absolute Gasteiger partial charge is 0.482 e. The van der Waals surface area contributed by atoms with Crippen LogP contribution >= 0.6 is 11.3 Å². The fraction of sp³-hybridized carbons (Fsp3) is 0.179. The number of ether oxygens (including phenoxy) is 1. The maximum Gasteiger partial charge on any atom is 0.265 e. The van der Waals surface area contributed by atoms with Gasteiger partial charge in [0.1, 0.15) is 17.3 Å². The second-order valence-corrected chi connectivity index (χ2v) is 9.54. The Hall–Kier alpha value is -3.97. The second-order valence-electron chi connectivity index (χ2n) is 8.68. The van der Waals surface area contributed by atoms with Gasteiger partial charge in [0.15, 0.2) is 6.61 Å². The molecule has 0 aliphatic carbocycles. The summed E-state index contributed by atoms with van der Waals surface area (Å²) in [5.74, 6) is 0.455. The van der Waals surface area contributed by atoms with Gasteiger partial charge in [-0.15, -0.1) is 11.3 Å². The van der Waals surface area contributed by atoms with Gasteiger partial charge in [0, 0.05) is 22.2 Å². The summed E-state index contributed by atoms with van der Waals surface area (Å²) in [6.07, 6.45) is 0. The van der Waals surface area contributed by atoms with Crippen molar-refractivity contribution in [3.8, 4) is 27.6 Å². The number of fused-ring (bicyclic) bond motifs is 1. The molecular formula is C28H25N3O3S. The Morgan fingerprint density at radius 3 is 2.57 bits per heavy atom. The Balaban J connectivity index is 1.36. The Kier molecular flexibility index (Phi) is 6.33. The number of anilines is 2. The Labute approximate surface area is 208 Å². The van der Waals surface area contributed by atoms with Gasteiger partial charge in [-0.1, -0.05) is 56.3 Å². The first-order chi connectivity index (χ1) is 17.0. The summed E-state index contributed by atoms with van der Waals surface area (Å²) in [6, 6.07) is 23.4. The van der Waals surface area contributed by atoms with E-state index >= 15 is 0 Å². The van der Waals surface area contributed by atoms with E-state index in [1.54, 1.807) is 11.3 Å². The van der Waals surface area contributed by atoms with Crippen molar-refractivity contribution in [3.63, 3.8) is 0 Å². The number of nitrogens with one attached hydrogen (secondary N) is 1. The average Bonchev–Trinajstić information content (AvgIpc) is 3.37. The fourth-order valence-electron chi connectivity index (χ4n) is 3.95. The molecule has 4 aromatic rings. The molecule has 1 N–H and O–H groups in total. The number of hydrogen-bond acceptors (Lipinski definition) is 5. The van der Waals surface area contributed by atoms with Crippen LogP contribution in [-0.2, 0) is 9.59 Å². The molecule has 1 aliphatic heterocycles. The van der Waals surface area contributed by atoms with Crippen LogP contribution in [0.25, 0.3) is 21.8 Å². The Morgan fingerprint density at radius 2 is 1.83 bits per heavy atom. The van der Waals surface area contributed by atoms with Gasteiger partial charge in [0.2, 0.25) is 5.91 Å². The third-order valence-corrected chi connectivity index (χ3v) is 6.78. The predicted octanol–water partition coefficient (Wildman–Crippen LogP) is 5.96. The molecule has 176 valence electrons. The maximum absolute atomic E-state index is 12.8. The third kappa shape index (κ3) is 4.95. The number of hydrogen-bond donors (Lipinski definition) is 1. The van der Waals surface area contributed by atoms with Crippen molar-refractivity contribution in [2.24, 2.45) is 0 Å². The van der Waals surface area contributed by atoms with Crippen molar-refractivity contribution in [2.45, 2.75) is 19.8 Å². The lowest BCUT2D eigenvalue weighted by atomic mass is 10.0. The van der Waals surface area contributed by atoms with E-state index in [0.717, 1.165) is 21.8 Å². The number of benzene rings is 3. The summed E-state index contributed by atoms with van der Waals surface area (Å²) in [5, 5.41) is 5.81. The standard InChI is InChI=1S/C28H25N3O3S/c1-18(2)19-8-11-22(12-9-19)29-26(32)15-31-24-14-21(10-13-25(24)34-16-27(31)33)23-17-35-28(30-23)20-6-4-3-5-7-20/h3-14,17-18H,15-16H2,1-2H3,(H,29,32). The van der Waals surface area contributed by atoms with E-state index in [1.165, 1.54) is 10.5 Å². The number of carbonyl (C=O) groups is 2. The SMILES string of the molecule is CC(C)c1ccc(NC(=O)CN2C(=O)COc3ccc(-c4csc(-c5ccccc5)n4)cc32)cc1. The van der Waals surface area contributed by atoms with E-state index in [0.29, 0.717) is 23.0 Å². The zero-order valence-electron chi connectivity index (χ0n) is 19.5. The minimum atomic E-state index is -0.270. The molecule has 1 aliphatic rings. The van der Waals surface area contributed by atoms with Crippen LogP contribution in [0.5, 0.6) is 5.75 Å². The summed E-state index contributed by atoms with van der Waals surface area (Å²) in [5.41, 5.74) is 5.19. The quantitative estimate of drug-likeness (QED) is 0.367. The smallest absolute Gasteiger partial charge is 0.265 e. The van der Waals surface area contributed by atoms with E-state index < -0.39 is 0 Å². The van der Waals surface area contributed by atoms with E-state index in [1.807, 2.05) is 78.2 Å². The molecule has 0 saturated heterocycles. The van der Waals surface area contributed by atoms with Crippen LogP contribution in [0.4, 0.5) is 11.4 Å². The Morgan fingerprint density at radius 1 is 1.06 bits per heavy atom. The van der Waals surface area contributed by atoms with Crippen molar-refractivity contribution in [1.29, 1.82) is 0 Å². The number of thiazole rings is 1. The normalized spacial score (nSPS) is 12.9. The summed E-state index contributed by atoms with van der Waals surface area (Å²) in [7, 11) is 0. The molecule has 5 rings (SSSR count). The minimum absolute atomic E-state index is 0.0996. The summed E-state index contributed by atoms with van der Waals surface area (Å²) in [6.45, 7) is 4.04. The Bertz CT molecular complexity index is 1360. The summed E-state index contributed by atoms with van der Waals surface area (Å²) < 4.78 is 5.63. The van der Waals surface area contributed by atoms with Crippen LogP contribution in [0.1, 0.15) is 25.3 Å². The van der Waals surface area contributed by atoms with E-state index in [9.17, 15) is 9.59 Å². The van der Waals surface area contributed by atoms with Gasteiger partial charge in [0.05, 0.1) is 11.4 Å². The summed E-state index contributed by atoms with van der Waals surface area (Å²) in [4.78, 5) is 31.8. The summed E-state index contributed by atoms with van der Waals surface area (Å²) >= 11 is 1.56. The third-order valence-electron chi connectivity index (χ3n) is 5.89. The number of carbonyl (C=O) groups excluding carboxylic acids is 2. The molecule has 0 unspecified atom stereocenters. The highest BCUT2D eigenvalue weighted by Gasteiger charge is 2.28. The van der Waals surface area contributed by atoms with Crippen LogP contribution in [-0.4, -0.2) is 29.9 Å². The van der Waals surface area contributed by atoms with Crippen LogP contribution < -0.4 is 15.0 Å². The number of rotatable bonds is 6. The van der Waals surface area contributed by atoms with Crippen molar-refractivity contribution in [2.75, 3.05) is 23.4 Å². The molecule has 0 fully saturated rings. The molecule has 2 amide bonds. The van der Waals surface area contributed by atoms with Crippen LogP contribution in [0.2, 0.25) is 0 Å². The molecule has 0 saturated carbocycles. The average molecular weight is 484 g/mol. The molecule has 0 atom stereocenters. The highest BCUT2D eigenvalue weighted by Crippen LogP contribution is 2.37. The molecular weight excluding hydrogens is 458 g/mol. The molecule has 6 nitrogen and oxygen atoms in total. The van der Waals surface area contributed by atoms with E-state index in [4.69, 9.17) is 9.72 Å². The molecule has 35 heavy (non-hydrogen) atoms. The molecule has 3 aromatic carbocycles. The zero-order chi connectivity index (χ0) is 24.4. The first-order valence-corrected chi connectivity index (χ1v) is 12.3. The molecule has 2 heterocycles. The van der Waals surface area contributed by atoms with Crippen LogP contribution in [0.3, 0.4) is 0 Å².